The Balaban J connectivity index is 3.08. The van der Waals surface area contributed by atoms with Crippen LogP contribution in [0.1, 0.15) is 13.8 Å². The van der Waals surface area contributed by atoms with Crippen LogP contribution in [0.3, 0.4) is 0 Å². The van der Waals surface area contributed by atoms with Gasteiger partial charge in [0.2, 0.25) is 4.77 Å². The normalized spacial score (nSPS) is 9.62. The number of rotatable bonds is 6. The fourth-order valence-corrected chi connectivity index (χ4v) is 1.42. The van der Waals surface area contributed by atoms with Crippen LogP contribution in [0.5, 0.6) is 0 Å². The summed E-state index contributed by atoms with van der Waals surface area (Å²) in [4.78, 5) is 34.9. The highest BCUT2D eigenvalue weighted by Crippen LogP contribution is 2.01. The van der Waals surface area contributed by atoms with Gasteiger partial charge in [0.25, 0.3) is 5.56 Å². The van der Waals surface area contributed by atoms with Crippen LogP contribution in [-0.4, -0.2) is 40.0 Å². The molecular weight excluding hydrogens is 300 g/mol. The van der Waals surface area contributed by atoms with Crippen molar-refractivity contribution in [3.05, 3.63) is 33.1 Å². The largest absolute Gasteiger partial charge is 0.462 e. The second kappa shape index (κ2) is 7.94. The van der Waals surface area contributed by atoms with E-state index in [-0.39, 0.29) is 18.0 Å². The topological polar surface area (TPSA) is 115 Å². The van der Waals surface area contributed by atoms with Gasteiger partial charge in [0.05, 0.1) is 13.2 Å². The number of ether oxygens (including phenoxy) is 2. The molecule has 0 aliphatic heterocycles. The summed E-state index contributed by atoms with van der Waals surface area (Å²) in [7, 11) is 0. The molecule has 0 saturated carbocycles. The Morgan fingerprint density at radius 1 is 1.38 bits per heavy atom. The van der Waals surface area contributed by atoms with E-state index in [1.54, 1.807) is 13.8 Å². The summed E-state index contributed by atoms with van der Waals surface area (Å²) in [5, 5.41) is 5.87. The van der Waals surface area contributed by atoms with E-state index in [2.05, 4.69) is 15.6 Å². The zero-order valence-electron chi connectivity index (χ0n) is 11.4. The van der Waals surface area contributed by atoms with Crippen LogP contribution in [0.25, 0.3) is 0 Å². The first-order valence-electron chi connectivity index (χ1n) is 5.98. The van der Waals surface area contributed by atoms with Gasteiger partial charge in [0.15, 0.2) is 5.57 Å². The molecule has 1 aromatic rings. The van der Waals surface area contributed by atoms with Gasteiger partial charge in [0, 0.05) is 6.20 Å². The van der Waals surface area contributed by atoms with Crippen molar-refractivity contribution in [1.29, 1.82) is 0 Å². The van der Waals surface area contributed by atoms with E-state index in [1.165, 1.54) is 0 Å². The molecule has 1 heterocycles. The van der Waals surface area contributed by atoms with Crippen molar-refractivity contribution in [3.8, 4) is 0 Å². The maximum absolute atomic E-state index is 11.7. The predicted molar refractivity (Wildman–Crippen MR) is 74.4 cm³/mol. The van der Waals surface area contributed by atoms with E-state index in [1.807, 2.05) is 0 Å². The van der Waals surface area contributed by atoms with Crippen molar-refractivity contribution in [2.45, 2.75) is 13.8 Å². The van der Waals surface area contributed by atoms with Crippen LogP contribution in [0, 0.1) is 4.77 Å². The predicted octanol–water partition coefficient (Wildman–Crippen LogP) is -0.146. The molecule has 0 aromatic carbocycles. The van der Waals surface area contributed by atoms with Gasteiger partial charge < -0.3 is 9.47 Å². The minimum absolute atomic E-state index is 0.0363. The zero-order valence-corrected chi connectivity index (χ0v) is 12.2. The minimum atomic E-state index is -0.875. The molecule has 9 nitrogen and oxygen atoms in total. The average molecular weight is 314 g/mol. The van der Waals surface area contributed by atoms with Crippen molar-refractivity contribution < 1.29 is 19.1 Å². The molecular formula is C11H14N4O5S. The number of nitrogens with zero attached hydrogens (tertiary/aromatic N) is 2. The van der Waals surface area contributed by atoms with Crippen LogP contribution >= 0.6 is 12.2 Å². The molecule has 0 bridgehead atoms. The summed E-state index contributed by atoms with van der Waals surface area (Å²) in [6.45, 7) is 3.37. The third kappa shape index (κ3) is 4.53. The third-order valence-corrected chi connectivity index (χ3v) is 2.36. The van der Waals surface area contributed by atoms with Gasteiger partial charge in [0.1, 0.15) is 6.20 Å². The second-order valence-electron chi connectivity index (χ2n) is 3.48. The van der Waals surface area contributed by atoms with E-state index >= 15 is 0 Å². The zero-order chi connectivity index (χ0) is 15.8. The smallest absolute Gasteiger partial charge is 0.347 e. The SMILES string of the molecule is CCOC(=O)C(=CNn1c(=O)cn[nH]c1=S)C(=O)OCC. The molecule has 0 aliphatic carbocycles. The van der Waals surface area contributed by atoms with Gasteiger partial charge >= 0.3 is 11.9 Å². The van der Waals surface area contributed by atoms with Crippen LogP contribution < -0.4 is 11.0 Å². The molecule has 0 atom stereocenters. The van der Waals surface area contributed by atoms with E-state index in [9.17, 15) is 14.4 Å². The number of H-pyrrole nitrogens is 1. The molecule has 0 fully saturated rings. The van der Waals surface area contributed by atoms with Crippen LogP contribution in [-0.2, 0) is 19.1 Å². The summed E-state index contributed by atoms with van der Waals surface area (Å²) < 4.78 is 10.3. The highest BCUT2D eigenvalue weighted by molar-refractivity contribution is 7.71. The van der Waals surface area contributed by atoms with E-state index in [0.717, 1.165) is 17.1 Å². The number of hydrogen-bond donors (Lipinski definition) is 2. The Morgan fingerprint density at radius 3 is 2.43 bits per heavy atom. The van der Waals surface area contributed by atoms with Gasteiger partial charge in [-0.15, -0.1) is 0 Å². The summed E-state index contributed by atoms with van der Waals surface area (Å²) >= 11 is 4.85. The standard InChI is InChI=1S/C11H14N4O5S/c1-3-19-9(17)7(10(18)20-4-2)5-13-15-8(16)6-12-14-11(15)21/h5-6,13H,3-4H2,1-2H3,(H,14,21). The number of carbonyl (C=O) groups excluding carboxylic acids is 2. The highest BCUT2D eigenvalue weighted by atomic mass is 32.1. The molecule has 0 saturated heterocycles. The molecule has 114 valence electrons. The van der Waals surface area contributed by atoms with Crippen molar-refractivity contribution in [2.75, 3.05) is 18.6 Å². The lowest BCUT2D eigenvalue weighted by atomic mass is 10.3. The molecule has 21 heavy (non-hydrogen) atoms. The fraction of sp³-hybridized carbons (Fsp3) is 0.364. The van der Waals surface area contributed by atoms with Crippen LogP contribution in [0.2, 0.25) is 0 Å². The molecule has 0 amide bonds. The number of aromatic nitrogens is 3. The Kier molecular flexibility index (Phi) is 6.27. The minimum Gasteiger partial charge on any atom is -0.462 e. The summed E-state index contributed by atoms with van der Waals surface area (Å²) in [6, 6.07) is 0. The first kappa shape index (κ1) is 16.6. The molecule has 0 unspecified atom stereocenters. The lowest BCUT2D eigenvalue weighted by Gasteiger charge is -2.08. The van der Waals surface area contributed by atoms with Crippen LogP contribution in [0.4, 0.5) is 0 Å². The van der Waals surface area contributed by atoms with Crippen molar-refractivity contribution in [3.63, 3.8) is 0 Å². The maximum Gasteiger partial charge on any atom is 0.347 e. The second-order valence-corrected chi connectivity index (χ2v) is 3.86. The summed E-state index contributed by atoms with van der Waals surface area (Å²) in [6.07, 6.45) is 1.96. The number of esters is 2. The first-order valence-corrected chi connectivity index (χ1v) is 6.39. The Morgan fingerprint density at radius 2 is 1.95 bits per heavy atom. The lowest BCUT2D eigenvalue weighted by molar-refractivity contribution is -0.146. The molecule has 1 aromatic heterocycles. The van der Waals surface area contributed by atoms with Crippen molar-refractivity contribution in [2.24, 2.45) is 0 Å². The number of hydrogen-bond acceptors (Lipinski definition) is 8. The van der Waals surface area contributed by atoms with E-state index in [4.69, 9.17) is 21.7 Å². The average Bonchev–Trinajstić information content (AvgIpc) is 2.42. The van der Waals surface area contributed by atoms with Gasteiger partial charge in [-0.25, -0.2) is 9.59 Å². The highest BCUT2D eigenvalue weighted by Gasteiger charge is 2.21. The van der Waals surface area contributed by atoms with E-state index in [0.29, 0.717) is 0 Å². The number of nitrogens with one attached hydrogen (secondary N) is 2. The van der Waals surface area contributed by atoms with Crippen LogP contribution in [0.15, 0.2) is 22.8 Å². The molecule has 0 spiro atoms. The Labute approximate surface area is 124 Å². The summed E-state index contributed by atoms with van der Waals surface area (Å²) in [5.41, 5.74) is 1.47. The molecule has 0 radical (unpaired) electrons. The van der Waals surface area contributed by atoms with Crippen molar-refractivity contribution in [1.82, 2.24) is 14.9 Å². The Bertz CT molecular complexity index is 615. The summed E-state index contributed by atoms with van der Waals surface area (Å²) in [5.74, 6) is -1.75. The monoisotopic (exact) mass is 314 g/mol. The van der Waals surface area contributed by atoms with Crippen molar-refractivity contribution >= 4 is 24.2 Å². The molecule has 10 heteroatoms. The third-order valence-electron chi connectivity index (χ3n) is 2.09. The van der Waals surface area contributed by atoms with E-state index < -0.39 is 23.1 Å². The lowest BCUT2D eigenvalue weighted by Crippen LogP contribution is -2.29. The first-order chi connectivity index (χ1) is 10.0. The molecule has 2 N–H and O–H groups in total. The van der Waals surface area contributed by atoms with Gasteiger partial charge in [-0.05, 0) is 26.1 Å². The fourth-order valence-electron chi connectivity index (χ4n) is 1.22. The Hall–Kier alpha value is -2.49. The van der Waals surface area contributed by atoms with Gasteiger partial charge in [-0.2, -0.15) is 9.77 Å². The van der Waals surface area contributed by atoms with Gasteiger partial charge in [-0.3, -0.25) is 15.3 Å². The number of aromatic amines is 1. The van der Waals surface area contributed by atoms with Gasteiger partial charge in [-0.1, -0.05) is 0 Å². The molecule has 1 rings (SSSR count). The quantitative estimate of drug-likeness (QED) is 0.245. The number of carbonyl (C=O) groups is 2. The maximum atomic E-state index is 11.7. The molecule has 0 aliphatic rings.